The maximum atomic E-state index is 12.7. The summed E-state index contributed by atoms with van der Waals surface area (Å²) in [5.74, 6) is -0.534. The van der Waals surface area contributed by atoms with Crippen LogP contribution in [0.2, 0.25) is 5.02 Å². The van der Waals surface area contributed by atoms with Crippen molar-refractivity contribution in [2.75, 3.05) is 11.5 Å². The Morgan fingerprint density at radius 3 is 2.85 bits per heavy atom. The fraction of sp³-hybridized carbons (Fsp3) is 0.294. The third kappa shape index (κ3) is 3.17. The molecule has 4 rings (SSSR count). The Balaban J connectivity index is 1.62. The number of benzene rings is 1. The molecular weight excluding hydrogens is 390 g/mol. The Kier molecular flexibility index (Phi) is 4.35. The quantitative estimate of drug-likeness (QED) is 0.495. The zero-order valence-electron chi connectivity index (χ0n) is 14.4. The number of imidazole rings is 1. The molecule has 27 heavy (non-hydrogen) atoms. The Labute approximate surface area is 162 Å². The average molecular weight is 406 g/mol. The maximum Gasteiger partial charge on any atom is 0.330 e. The van der Waals surface area contributed by atoms with E-state index in [0.717, 1.165) is 23.9 Å². The van der Waals surface area contributed by atoms with E-state index >= 15 is 0 Å². The van der Waals surface area contributed by atoms with Crippen LogP contribution in [0.15, 0.2) is 32.9 Å². The lowest BCUT2D eigenvalue weighted by Gasteiger charge is -2.10. The second-order valence-corrected chi connectivity index (χ2v) is 7.80. The van der Waals surface area contributed by atoms with Crippen molar-refractivity contribution in [3.63, 3.8) is 0 Å². The van der Waals surface area contributed by atoms with Crippen molar-refractivity contribution in [2.45, 2.75) is 24.0 Å². The zero-order valence-corrected chi connectivity index (χ0v) is 15.9. The number of ketones is 1. The predicted molar refractivity (Wildman–Crippen MR) is 105 cm³/mol. The van der Waals surface area contributed by atoms with Crippen molar-refractivity contribution in [1.82, 2.24) is 19.1 Å². The standard InChI is InChI=1S/C17H16ClN5O3S/c1-22-11-5-2-8(18)6-10(11)20-17(22)27-7-12(24)13-14(19)23(9-3-4-9)16(26)21-15(13)25/h2,5-6,9H,3-4,7,19H2,1H3,(H,21,25,26). The first-order chi connectivity index (χ1) is 12.9. The van der Waals surface area contributed by atoms with Crippen LogP contribution in [0.1, 0.15) is 29.2 Å². The van der Waals surface area contributed by atoms with Crippen molar-refractivity contribution in [2.24, 2.45) is 7.05 Å². The SMILES string of the molecule is Cn1c(SCC(=O)c2c(N)n(C3CC3)c(=O)[nH]c2=O)nc2cc(Cl)ccc21. The number of nitrogens with two attached hydrogens (primary N) is 1. The molecule has 10 heteroatoms. The number of hydrogen-bond acceptors (Lipinski definition) is 6. The summed E-state index contributed by atoms with van der Waals surface area (Å²) in [6.45, 7) is 0. The van der Waals surface area contributed by atoms with Crippen molar-refractivity contribution in [3.05, 3.63) is 49.6 Å². The normalized spacial score (nSPS) is 14.0. The number of carbonyl (C=O) groups is 1. The number of aromatic amines is 1. The molecular formula is C17H16ClN5O3S. The van der Waals surface area contributed by atoms with E-state index in [-0.39, 0.29) is 23.2 Å². The first-order valence-electron chi connectivity index (χ1n) is 8.29. The van der Waals surface area contributed by atoms with Crippen LogP contribution in [0.25, 0.3) is 11.0 Å². The molecule has 1 fully saturated rings. The Hall–Kier alpha value is -2.52. The smallest absolute Gasteiger partial charge is 0.330 e. The van der Waals surface area contributed by atoms with Crippen LogP contribution in [0.4, 0.5) is 5.82 Å². The number of anilines is 1. The summed E-state index contributed by atoms with van der Waals surface area (Å²) in [5, 5.41) is 1.20. The molecule has 0 aliphatic heterocycles. The number of aryl methyl sites for hydroxylation is 1. The molecule has 0 spiro atoms. The monoisotopic (exact) mass is 405 g/mol. The number of fused-ring (bicyclic) bond motifs is 1. The zero-order chi connectivity index (χ0) is 19.3. The number of nitrogens with one attached hydrogen (secondary N) is 1. The molecule has 3 aromatic rings. The van der Waals surface area contributed by atoms with E-state index in [0.29, 0.717) is 10.2 Å². The molecule has 1 saturated carbocycles. The lowest BCUT2D eigenvalue weighted by Crippen LogP contribution is -2.36. The van der Waals surface area contributed by atoms with Crippen LogP contribution in [0, 0.1) is 0 Å². The molecule has 3 N–H and O–H groups in total. The molecule has 0 atom stereocenters. The van der Waals surface area contributed by atoms with Gasteiger partial charge in [-0.15, -0.1) is 0 Å². The van der Waals surface area contributed by atoms with Crippen molar-refractivity contribution < 1.29 is 4.79 Å². The molecule has 1 aliphatic carbocycles. The minimum absolute atomic E-state index is 0.0267. The van der Waals surface area contributed by atoms with Crippen LogP contribution < -0.4 is 17.0 Å². The summed E-state index contributed by atoms with van der Waals surface area (Å²) < 4.78 is 3.15. The molecule has 1 aromatic carbocycles. The molecule has 0 bridgehead atoms. The molecule has 8 nitrogen and oxygen atoms in total. The van der Waals surface area contributed by atoms with Gasteiger partial charge < -0.3 is 10.3 Å². The van der Waals surface area contributed by atoms with Gasteiger partial charge in [0, 0.05) is 18.1 Å². The number of rotatable bonds is 5. The second-order valence-electron chi connectivity index (χ2n) is 6.42. The van der Waals surface area contributed by atoms with Crippen LogP contribution in [0.5, 0.6) is 0 Å². The van der Waals surface area contributed by atoms with Crippen molar-refractivity contribution in [3.8, 4) is 0 Å². The number of nitrogen functional groups attached to an aromatic ring is 1. The van der Waals surface area contributed by atoms with E-state index < -0.39 is 17.0 Å². The Bertz CT molecular complexity index is 1190. The molecule has 140 valence electrons. The highest BCUT2D eigenvalue weighted by molar-refractivity contribution is 7.99. The lowest BCUT2D eigenvalue weighted by atomic mass is 10.2. The number of nitrogens with zero attached hydrogens (tertiary/aromatic N) is 3. The van der Waals surface area contributed by atoms with E-state index in [1.807, 2.05) is 17.7 Å². The van der Waals surface area contributed by atoms with Crippen LogP contribution >= 0.6 is 23.4 Å². The molecule has 2 heterocycles. The number of H-pyrrole nitrogens is 1. The minimum atomic E-state index is -0.753. The first kappa shape index (κ1) is 17.9. The molecule has 1 aliphatic rings. The fourth-order valence-corrected chi connectivity index (χ4v) is 4.04. The second kappa shape index (κ2) is 6.58. The van der Waals surface area contributed by atoms with Crippen molar-refractivity contribution >= 4 is 46.0 Å². The van der Waals surface area contributed by atoms with Gasteiger partial charge in [-0.2, -0.15) is 0 Å². The van der Waals surface area contributed by atoms with Crippen LogP contribution in [0.3, 0.4) is 0 Å². The summed E-state index contributed by atoms with van der Waals surface area (Å²) in [6, 6.07) is 5.33. The summed E-state index contributed by atoms with van der Waals surface area (Å²) in [6.07, 6.45) is 1.61. The molecule has 0 radical (unpaired) electrons. The topological polar surface area (TPSA) is 116 Å². The predicted octanol–water partition coefficient (Wildman–Crippen LogP) is 1.97. The van der Waals surface area contributed by atoms with Crippen LogP contribution in [-0.2, 0) is 7.05 Å². The summed E-state index contributed by atoms with van der Waals surface area (Å²) in [5.41, 5.74) is 6.09. The highest BCUT2D eigenvalue weighted by atomic mass is 35.5. The number of hydrogen-bond donors (Lipinski definition) is 2. The van der Waals surface area contributed by atoms with Crippen LogP contribution in [-0.4, -0.2) is 30.6 Å². The number of Topliss-reactive ketones (excluding diaryl/α,β-unsaturated/α-hetero) is 1. The van der Waals surface area contributed by atoms with Gasteiger partial charge in [-0.05, 0) is 31.0 Å². The minimum Gasteiger partial charge on any atom is -0.384 e. The average Bonchev–Trinajstić information content (AvgIpc) is 3.37. The third-order valence-corrected chi connectivity index (χ3v) is 5.77. The third-order valence-electron chi connectivity index (χ3n) is 4.51. The summed E-state index contributed by atoms with van der Waals surface area (Å²) in [7, 11) is 1.84. The van der Waals surface area contributed by atoms with E-state index in [9.17, 15) is 14.4 Å². The van der Waals surface area contributed by atoms with E-state index in [2.05, 4.69) is 9.97 Å². The fourth-order valence-electron chi connectivity index (χ4n) is 3.01. The largest absolute Gasteiger partial charge is 0.384 e. The molecule has 2 aromatic heterocycles. The highest BCUT2D eigenvalue weighted by Crippen LogP contribution is 2.35. The van der Waals surface area contributed by atoms with Crippen molar-refractivity contribution in [1.29, 1.82) is 0 Å². The van der Waals surface area contributed by atoms with E-state index in [4.69, 9.17) is 17.3 Å². The van der Waals surface area contributed by atoms with Gasteiger partial charge in [0.25, 0.3) is 5.56 Å². The Morgan fingerprint density at radius 1 is 1.41 bits per heavy atom. The molecule has 0 amide bonds. The van der Waals surface area contributed by atoms with Gasteiger partial charge >= 0.3 is 5.69 Å². The Morgan fingerprint density at radius 2 is 2.15 bits per heavy atom. The van der Waals surface area contributed by atoms with Gasteiger partial charge in [-0.1, -0.05) is 23.4 Å². The highest BCUT2D eigenvalue weighted by Gasteiger charge is 2.30. The number of carbonyl (C=O) groups excluding carboxylic acids is 1. The van der Waals surface area contributed by atoms with Gasteiger partial charge in [-0.3, -0.25) is 19.1 Å². The van der Waals surface area contributed by atoms with Gasteiger partial charge in [0.2, 0.25) is 0 Å². The summed E-state index contributed by atoms with van der Waals surface area (Å²) in [4.78, 5) is 43.4. The summed E-state index contributed by atoms with van der Waals surface area (Å²) >= 11 is 7.19. The van der Waals surface area contributed by atoms with E-state index in [1.54, 1.807) is 12.1 Å². The van der Waals surface area contributed by atoms with Gasteiger partial charge in [-0.25, -0.2) is 9.78 Å². The maximum absolute atomic E-state index is 12.7. The molecule has 0 unspecified atom stereocenters. The number of aromatic nitrogens is 4. The van der Waals surface area contributed by atoms with E-state index in [1.165, 1.54) is 16.3 Å². The number of halogens is 1. The lowest BCUT2D eigenvalue weighted by molar-refractivity contribution is 0.102. The first-order valence-corrected chi connectivity index (χ1v) is 9.65. The molecule has 0 saturated heterocycles. The van der Waals surface area contributed by atoms with Gasteiger partial charge in [0.1, 0.15) is 11.4 Å². The van der Waals surface area contributed by atoms with Gasteiger partial charge in [0.15, 0.2) is 10.9 Å². The number of thioether (sulfide) groups is 1. The van der Waals surface area contributed by atoms with Gasteiger partial charge in [0.05, 0.1) is 16.8 Å².